The molecular weight excluding hydrogens is 374 g/mol. The highest BCUT2D eigenvalue weighted by atomic mass is 16.5. The van der Waals surface area contributed by atoms with E-state index in [0.717, 1.165) is 43.9 Å². The SMILES string of the molecule is COc1ccc2c(c1)CC(C1CNC3(CCCN(c4ccccc4)C3)C1)C(=O)N2C. The Kier molecular flexibility index (Phi) is 4.94. The number of methoxy groups -OCH3 is 1. The number of hydrogen-bond acceptors (Lipinski definition) is 4. The number of carbonyl (C=O) groups is 1. The minimum absolute atomic E-state index is 0.0357. The topological polar surface area (TPSA) is 44.8 Å². The fraction of sp³-hybridized carbons (Fsp3) is 0.480. The highest BCUT2D eigenvalue weighted by molar-refractivity contribution is 5.98. The molecule has 5 rings (SSSR count). The summed E-state index contributed by atoms with van der Waals surface area (Å²) in [7, 11) is 3.61. The molecule has 1 N–H and O–H groups in total. The largest absolute Gasteiger partial charge is 0.497 e. The average Bonchev–Trinajstić information content (AvgIpc) is 3.19. The maximum absolute atomic E-state index is 13.2. The third-order valence-electron chi connectivity index (χ3n) is 7.40. The molecule has 3 aliphatic heterocycles. The molecule has 0 radical (unpaired) electrons. The first-order chi connectivity index (χ1) is 14.6. The quantitative estimate of drug-likeness (QED) is 0.849. The number of anilines is 2. The van der Waals surface area contributed by atoms with E-state index < -0.39 is 0 Å². The summed E-state index contributed by atoms with van der Waals surface area (Å²) in [5, 5.41) is 3.86. The molecule has 3 atom stereocenters. The molecule has 0 aliphatic carbocycles. The number of amides is 1. The van der Waals surface area contributed by atoms with Crippen LogP contribution in [0.1, 0.15) is 24.8 Å². The maximum Gasteiger partial charge on any atom is 0.230 e. The molecule has 0 aromatic heterocycles. The smallest absolute Gasteiger partial charge is 0.230 e. The number of nitrogens with zero attached hydrogens (tertiary/aromatic N) is 2. The van der Waals surface area contributed by atoms with Crippen molar-refractivity contribution in [2.75, 3.05) is 43.6 Å². The number of fused-ring (bicyclic) bond motifs is 1. The zero-order valence-electron chi connectivity index (χ0n) is 17.9. The van der Waals surface area contributed by atoms with E-state index in [-0.39, 0.29) is 17.4 Å². The fourth-order valence-corrected chi connectivity index (χ4v) is 5.82. The van der Waals surface area contributed by atoms with Crippen molar-refractivity contribution in [3.8, 4) is 5.75 Å². The Morgan fingerprint density at radius 3 is 2.80 bits per heavy atom. The van der Waals surface area contributed by atoms with Crippen LogP contribution in [0.5, 0.6) is 5.75 Å². The van der Waals surface area contributed by atoms with Gasteiger partial charge in [0, 0.05) is 43.0 Å². The van der Waals surface area contributed by atoms with Crippen LogP contribution in [-0.4, -0.2) is 45.2 Å². The van der Waals surface area contributed by atoms with Gasteiger partial charge >= 0.3 is 0 Å². The molecule has 5 heteroatoms. The van der Waals surface area contributed by atoms with Gasteiger partial charge in [0.05, 0.1) is 7.11 Å². The van der Waals surface area contributed by atoms with E-state index in [1.165, 1.54) is 24.1 Å². The number of hydrogen-bond donors (Lipinski definition) is 1. The first-order valence-electron chi connectivity index (χ1n) is 11.1. The van der Waals surface area contributed by atoms with Gasteiger partial charge in [-0.05, 0) is 74.0 Å². The zero-order valence-corrected chi connectivity index (χ0v) is 17.9. The van der Waals surface area contributed by atoms with Crippen LogP contribution in [0.3, 0.4) is 0 Å². The number of benzene rings is 2. The van der Waals surface area contributed by atoms with Gasteiger partial charge in [-0.1, -0.05) is 18.2 Å². The van der Waals surface area contributed by atoms with Crippen LogP contribution in [0.4, 0.5) is 11.4 Å². The van der Waals surface area contributed by atoms with E-state index in [1.54, 1.807) is 7.11 Å². The number of piperidine rings is 1. The predicted molar refractivity (Wildman–Crippen MR) is 120 cm³/mol. The zero-order chi connectivity index (χ0) is 20.7. The van der Waals surface area contributed by atoms with Crippen molar-refractivity contribution in [3.63, 3.8) is 0 Å². The maximum atomic E-state index is 13.2. The van der Waals surface area contributed by atoms with Crippen LogP contribution in [0, 0.1) is 11.8 Å². The molecule has 2 aromatic carbocycles. The van der Waals surface area contributed by atoms with Gasteiger partial charge in [0.2, 0.25) is 5.91 Å². The van der Waals surface area contributed by atoms with Crippen LogP contribution in [-0.2, 0) is 11.2 Å². The second-order valence-electron chi connectivity index (χ2n) is 9.19. The Morgan fingerprint density at radius 1 is 1.17 bits per heavy atom. The number of ether oxygens (including phenoxy) is 1. The first-order valence-corrected chi connectivity index (χ1v) is 11.1. The standard InChI is InChI=1S/C25H31N3O2/c1-27-23-10-9-21(30-2)13-18(23)14-22(24(27)29)19-15-25(26-16-19)11-6-12-28(17-25)20-7-4-3-5-8-20/h3-5,7-10,13,19,22,26H,6,11-12,14-17H2,1-2H3. The van der Waals surface area contributed by atoms with E-state index in [9.17, 15) is 4.79 Å². The third kappa shape index (κ3) is 3.35. The Morgan fingerprint density at radius 2 is 2.00 bits per heavy atom. The van der Waals surface area contributed by atoms with Gasteiger partial charge in [-0.2, -0.15) is 0 Å². The number of carbonyl (C=O) groups excluding carboxylic acids is 1. The summed E-state index contributed by atoms with van der Waals surface area (Å²) in [6, 6.07) is 16.8. The number of para-hydroxylation sites is 1. The fourth-order valence-electron chi connectivity index (χ4n) is 5.82. The van der Waals surface area contributed by atoms with Gasteiger partial charge in [0.15, 0.2) is 0 Å². The third-order valence-corrected chi connectivity index (χ3v) is 7.40. The van der Waals surface area contributed by atoms with Crippen molar-refractivity contribution in [3.05, 3.63) is 54.1 Å². The molecule has 3 aliphatic rings. The van der Waals surface area contributed by atoms with Crippen molar-refractivity contribution in [1.82, 2.24) is 5.32 Å². The molecule has 2 fully saturated rings. The van der Waals surface area contributed by atoms with E-state index in [1.807, 2.05) is 24.1 Å². The van der Waals surface area contributed by atoms with Crippen molar-refractivity contribution in [2.24, 2.45) is 11.8 Å². The van der Waals surface area contributed by atoms with Crippen molar-refractivity contribution < 1.29 is 9.53 Å². The van der Waals surface area contributed by atoms with Gasteiger partial charge in [-0.25, -0.2) is 0 Å². The van der Waals surface area contributed by atoms with Crippen LogP contribution in [0.2, 0.25) is 0 Å². The number of nitrogens with one attached hydrogen (secondary N) is 1. The lowest BCUT2D eigenvalue weighted by Crippen LogP contribution is -2.54. The Bertz CT molecular complexity index is 931. The van der Waals surface area contributed by atoms with Crippen LogP contribution in [0.25, 0.3) is 0 Å². The summed E-state index contributed by atoms with van der Waals surface area (Å²) in [5.41, 5.74) is 3.66. The lowest BCUT2D eigenvalue weighted by molar-refractivity contribution is -0.124. The molecular formula is C25H31N3O2. The molecule has 1 spiro atoms. The lowest BCUT2D eigenvalue weighted by Gasteiger charge is -2.42. The molecule has 0 bridgehead atoms. The van der Waals surface area contributed by atoms with Crippen LogP contribution >= 0.6 is 0 Å². The van der Waals surface area contributed by atoms with Crippen LogP contribution < -0.4 is 19.9 Å². The van der Waals surface area contributed by atoms with E-state index in [0.29, 0.717) is 5.92 Å². The van der Waals surface area contributed by atoms with Gasteiger partial charge in [0.25, 0.3) is 0 Å². The summed E-state index contributed by atoms with van der Waals surface area (Å²) >= 11 is 0. The molecule has 5 nitrogen and oxygen atoms in total. The minimum Gasteiger partial charge on any atom is -0.497 e. The molecule has 2 aromatic rings. The van der Waals surface area contributed by atoms with Gasteiger partial charge < -0.3 is 19.9 Å². The molecule has 0 saturated carbocycles. The summed E-state index contributed by atoms with van der Waals surface area (Å²) in [6.07, 6.45) is 4.25. The summed E-state index contributed by atoms with van der Waals surface area (Å²) in [6.45, 7) is 3.05. The van der Waals surface area contributed by atoms with Crippen molar-refractivity contribution in [2.45, 2.75) is 31.2 Å². The first kappa shape index (κ1) is 19.4. The minimum atomic E-state index is 0.0357. The van der Waals surface area contributed by atoms with Gasteiger partial charge in [0.1, 0.15) is 5.75 Å². The summed E-state index contributed by atoms with van der Waals surface area (Å²) < 4.78 is 5.43. The normalized spacial score (nSPS) is 28.7. The van der Waals surface area contributed by atoms with Crippen molar-refractivity contribution in [1.29, 1.82) is 0 Å². The average molecular weight is 406 g/mol. The summed E-state index contributed by atoms with van der Waals surface area (Å²) in [4.78, 5) is 17.6. The Hall–Kier alpha value is -2.53. The van der Waals surface area contributed by atoms with E-state index in [4.69, 9.17) is 4.74 Å². The van der Waals surface area contributed by atoms with Gasteiger partial charge in [-0.3, -0.25) is 4.79 Å². The van der Waals surface area contributed by atoms with E-state index >= 15 is 0 Å². The van der Waals surface area contributed by atoms with Gasteiger partial charge in [-0.15, -0.1) is 0 Å². The predicted octanol–water partition coefficient (Wildman–Crippen LogP) is 3.48. The highest BCUT2D eigenvalue weighted by Crippen LogP contribution is 2.42. The molecule has 3 heterocycles. The second-order valence-corrected chi connectivity index (χ2v) is 9.19. The van der Waals surface area contributed by atoms with Crippen molar-refractivity contribution >= 4 is 17.3 Å². The molecule has 2 saturated heterocycles. The monoisotopic (exact) mass is 405 g/mol. The summed E-state index contributed by atoms with van der Waals surface area (Å²) in [5.74, 6) is 1.53. The Labute approximate surface area is 179 Å². The Balaban J connectivity index is 1.34. The highest BCUT2D eigenvalue weighted by Gasteiger charge is 2.47. The van der Waals surface area contributed by atoms with E-state index in [2.05, 4.69) is 46.6 Å². The number of rotatable bonds is 3. The lowest BCUT2D eigenvalue weighted by atomic mass is 9.77. The second kappa shape index (κ2) is 7.62. The van der Waals surface area contributed by atoms with Crippen LogP contribution in [0.15, 0.2) is 48.5 Å². The molecule has 3 unspecified atom stereocenters. The molecule has 1 amide bonds. The molecule has 158 valence electrons. The molecule has 30 heavy (non-hydrogen) atoms.